The number of nitrogens with zero attached hydrogens (tertiary/aromatic N) is 3. The van der Waals surface area contributed by atoms with E-state index in [-0.39, 0.29) is 0 Å². The summed E-state index contributed by atoms with van der Waals surface area (Å²) in [6.07, 6.45) is 1.48. The Morgan fingerprint density at radius 2 is 1.81 bits per heavy atom. The average molecular weight is 424 g/mol. The van der Waals surface area contributed by atoms with E-state index < -0.39 is 23.8 Å². The minimum atomic E-state index is -0.961. The van der Waals surface area contributed by atoms with Gasteiger partial charge in [-0.15, -0.1) is 0 Å². The Balaban J connectivity index is 1.30. The molecule has 4 rings (SSSR count). The molecule has 0 aliphatic carbocycles. The first-order chi connectivity index (χ1) is 15.0. The van der Waals surface area contributed by atoms with Gasteiger partial charge in [-0.05, 0) is 25.1 Å². The second kappa shape index (κ2) is 9.23. The van der Waals surface area contributed by atoms with Gasteiger partial charge in [0.15, 0.2) is 0 Å². The number of nitrogens with one attached hydrogen (secondary N) is 1. The molecule has 3 heterocycles. The molecule has 1 fully saturated rings. The van der Waals surface area contributed by atoms with Crippen LogP contribution in [0.15, 0.2) is 42.6 Å². The number of fused-ring (bicyclic) bond motifs is 1. The zero-order valence-corrected chi connectivity index (χ0v) is 17.2. The molecule has 2 aliphatic heterocycles. The van der Waals surface area contributed by atoms with Gasteiger partial charge in [-0.2, -0.15) is 0 Å². The van der Waals surface area contributed by atoms with Gasteiger partial charge in [0.05, 0.1) is 36.2 Å². The average Bonchev–Trinajstić information content (AvgIpc) is 3.05. The number of carbonyl (C=O) groups excluding carboxylic acids is 3. The van der Waals surface area contributed by atoms with Crippen molar-refractivity contribution in [1.29, 1.82) is 0 Å². The minimum Gasteiger partial charge on any atom is -0.476 e. The number of hydrogen-bond acceptors (Lipinski definition) is 7. The number of imide groups is 1. The van der Waals surface area contributed by atoms with Crippen LogP contribution in [0.1, 0.15) is 27.6 Å². The summed E-state index contributed by atoms with van der Waals surface area (Å²) in [5.74, 6) is -0.951. The predicted molar refractivity (Wildman–Crippen MR) is 112 cm³/mol. The standard InChI is InChI=1S/C22H24N4O5/c1-15(26-21(28)17-4-2-3-5-18(17)22(26)29)20(27)24-16-6-7-19(23-14-16)31-13-10-25-8-11-30-12-9-25/h2-7,14-15H,8-13H2,1H3,(H,24,27). The lowest BCUT2D eigenvalue weighted by Crippen LogP contribution is -2.45. The van der Waals surface area contributed by atoms with E-state index in [1.54, 1.807) is 36.4 Å². The number of rotatable bonds is 7. The van der Waals surface area contributed by atoms with Crippen molar-refractivity contribution in [2.45, 2.75) is 13.0 Å². The van der Waals surface area contributed by atoms with Crippen LogP contribution >= 0.6 is 0 Å². The van der Waals surface area contributed by atoms with Crippen LogP contribution in [0.5, 0.6) is 5.88 Å². The Labute approximate surface area is 179 Å². The number of amides is 3. The Kier molecular flexibility index (Phi) is 6.24. The van der Waals surface area contributed by atoms with Gasteiger partial charge < -0.3 is 14.8 Å². The quantitative estimate of drug-likeness (QED) is 0.671. The lowest BCUT2D eigenvalue weighted by atomic mass is 10.1. The van der Waals surface area contributed by atoms with E-state index in [9.17, 15) is 14.4 Å². The number of hydrogen-bond donors (Lipinski definition) is 1. The van der Waals surface area contributed by atoms with E-state index in [1.807, 2.05) is 0 Å². The van der Waals surface area contributed by atoms with Gasteiger partial charge in [0.2, 0.25) is 11.8 Å². The highest BCUT2D eigenvalue weighted by molar-refractivity contribution is 6.23. The van der Waals surface area contributed by atoms with E-state index in [4.69, 9.17) is 9.47 Å². The monoisotopic (exact) mass is 424 g/mol. The number of anilines is 1. The van der Waals surface area contributed by atoms with Gasteiger partial charge in [-0.1, -0.05) is 12.1 Å². The number of aromatic nitrogens is 1. The summed E-state index contributed by atoms with van der Waals surface area (Å²) in [4.78, 5) is 45.2. The molecule has 162 valence electrons. The fraction of sp³-hybridized carbons (Fsp3) is 0.364. The Morgan fingerprint density at radius 3 is 2.42 bits per heavy atom. The third-order valence-electron chi connectivity index (χ3n) is 5.36. The van der Waals surface area contributed by atoms with Crippen molar-refractivity contribution in [2.75, 3.05) is 44.8 Å². The van der Waals surface area contributed by atoms with Crippen molar-refractivity contribution in [2.24, 2.45) is 0 Å². The molecule has 1 atom stereocenters. The summed E-state index contributed by atoms with van der Waals surface area (Å²) in [6, 6.07) is 8.93. The van der Waals surface area contributed by atoms with Crippen LogP contribution in [0.3, 0.4) is 0 Å². The molecule has 9 nitrogen and oxygen atoms in total. The van der Waals surface area contributed by atoms with Crippen molar-refractivity contribution in [3.05, 3.63) is 53.7 Å². The zero-order chi connectivity index (χ0) is 21.8. The summed E-state index contributed by atoms with van der Waals surface area (Å²) < 4.78 is 11.0. The van der Waals surface area contributed by atoms with Crippen molar-refractivity contribution >= 4 is 23.4 Å². The number of pyridine rings is 1. The Bertz CT molecular complexity index is 937. The molecule has 2 aromatic rings. The molecule has 1 aromatic heterocycles. The number of ether oxygens (including phenoxy) is 2. The molecule has 31 heavy (non-hydrogen) atoms. The van der Waals surface area contributed by atoms with Crippen LogP contribution in [0.4, 0.5) is 5.69 Å². The normalized spacial score (nSPS) is 17.4. The molecule has 1 saturated heterocycles. The molecule has 0 saturated carbocycles. The van der Waals surface area contributed by atoms with Crippen LogP contribution in [0, 0.1) is 0 Å². The van der Waals surface area contributed by atoms with Crippen LogP contribution < -0.4 is 10.1 Å². The van der Waals surface area contributed by atoms with E-state index in [0.29, 0.717) is 29.3 Å². The summed E-state index contributed by atoms with van der Waals surface area (Å²) >= 11 is 0. The first kappa shape index (κ1) is 21.0. The third-order valence-corrected chi connectivity index (χ3v) is 5.36. The van der Waals surface area contributed by atoms with Crippen molar-refractivity contribution in [3.63, 3.8) is 0 Å². The van der Waals surface area contributed by atoms with Crippen LogP contribution in [0.2, 0.25) is 0 Å². The first-order valence-electron chi connectivity index (χ1n) is 10.2. The number of benzene rings is 1. The largest absolute Gasteiger partial charge is 0.476 e. The molecule has 2 aliphatic rings. The zero-order valence-electron chi connectivity index (χ0n) is 17.2. The van der Waals surface area contributed by atoms with Gasteiger partial charge in [0, 0.05) is 25.7 Å². The minimum absolute atomic E-state index is 0.312. The molecule has 0 spiro atoms. The molecular formula is C22H24N4O5. The van der Waals surface area contributed by atoms with Gasteiger partial charge in [-0.25, -0.2) is 4.98 Å². The molecule has 0 radical (unpaired) electrons. The second-order valence-corrected chi connectivity index (χ2v) is 7.38. The van der Waals surface area contributed by atoms with E-state index >= 15 is 0 Å². The SMILES string of the molecule is CC(C(=O)Nc1ccc(OCCN2CCOCC2)nc1)N1C(=O)c2ccccc2C1=O. The van der Waals surface area contributed by atoms with E-state index in [0.717, 1.165) is 37.7 Å². The number of carbonyl (C=O) groups is 3. The lowest BCUT2D eigenvalue weighted by molar-refractivity contribution is -0.119. The fourth-order valence-corrected chi connectivity index (χ4v) is 3.57. The topological polar surface area (TPSA) is 101 Å². The maximum absolute atomic E-state index is 12.6. The maximum Gasteiger partial charge on any atom is 0.262 e. The lowest BCUT2D eigenvalue weighted by Gasteiger charge is -2.26. The molecule has 3 amide bonds. The van der Waals surface area contributed by atoms with Crippen LogP contribution in [-0.4, -0.2) is 78.0 Å². The highest BCUT2D eigenvalue weighted by atomic mass is 16.5. The molecule has 0 bridgehead atoms. The second-order valence-electron chi connectivity index (χ2n) is 7.38. The predicted octanol–water partition coefficient (Wildman–Crippen LogP) is 1.42. The summed E-state index contributed by atoms with van der Waals surface area (Å²) in [5, 5.41) is 2.70. The highest BCUT2D eigenvalue weighted by Crippen LogP contribution is 2.25. The summed E-state index contributed by atoms with van der Waals surface area (Å²) in [7, 11) is 0. The molecule has 1 unspecified atom stereocenters. The van der Waals surface area contributed by atoms with Gasteiger partial charge in [0.25, 0.3) is 11.8 Å². The van der Waals surface area contributed by atoms with E-state index in [2.05, 4.69) is 15.2 Å². The molecular weight excluding hydrogens is 400 g/mol. The molecule has 1 aromatic carbocycles. The van der Waals surface area contributed by atoms with Crippen molar-refractivity contribution in [1.82, 2.24) is 14.8 Å². The van der Waals surface area contributed by atoms with Crippen LogP contribution in [0.25, 0.3) is 0 Å². The maximum atomic E-state index is 12.6. The first-order valence-corrected chi connectivity index (χ1v) is 10.2. The summed E-state index contributed by atoms with van der Waals surface area (Å²) in [6.45, 7) is 6.10. The highest BCUT2D eigenvalue weighted by Gasteiger charge is 2.40. The van der Waals surface area contributed by atoms with Crippen molar-refractivity contribution in [3.8, 4) is 5.88 Å². The molecule has 1 N–H and O–H groups in total. The fourth-order valence-electron chi connectivity index (χ4n) is 3.57. The van der Waals surface area contributed by atoms with Gasteiger partial charge in [0.1, 0.15) is 12.6 Å². The molecule has 9 heteroatoms. The Hall–Kier alpha value is -3.30. The summed E-state index contributed by atoms with van der Waals surface area (Å²) in [5.41, 5.74) is 1.08. The third kappa shape index (κ3) is 4.57. The van der Waals surface area contributed by atoms with Gasteiger partial charge >= 0.3 is 0 Å². The van der Waals surface area contributed by atoms with Crippen molar-refractivity contribution < 1.29 is 23.9 Å². The smallest absolute Gasteiger partial charge is 0.262 e. The van der Waals surface area contributed by atoms with E-state index in [1.165, 1.54) is 13.1 Å². The van der Waals surface area contributed by atoms with Crippen LogP contribution in [-0.2, 0) is 9.53 Å². The van der Waals surface area contributed by atoms with Gasteiger partial charge in [-0.3, -0.25) is 24.2 Å². The Morgan fingerprint density at radius 1 is 1.13 bits per heavy atom. The number of morpholine rings is 1.